The van der Waals surface area contributed by atoms with Crippen LogP contribution in [0.2, 0.25) is 0 Å². The van der Waals surface area contributed by atoms with Crippen molar-refractivity contribution in [2.75, 3.05) is 13.2 Å². The number of nitrogens with one attached hydrogen (secondary N) is 2. The monoisotopic (exact) mass is 335 g/mol. The van der Waals surface area contributed by atoms with Gasteiger partial charge in [-0.1, -0.05) is 0 Å². The summed E-state index contributed by atoms with van der Waals surface area (Å²) in [5.74, 6) is 0.487. The Kier molecular flexibility index (Phi) is 4.04. The lowest BCUT2D eigenvalue weighted by Gasteiger charge is -2.09. The number of fused-ring (bicyclic) bond motifs is 3. The summed E-state index contributed by atoms with van der Waals surface area (Å²) in [6, 6.07) is 7.43. The molecule has 1 fully saturated rings. The molecule has 0 saturated carbocycles. The Morgan fingerprint density at radius 2 is 2.40 bits per heavy atom. The van der Waals surface area contributed by atoms with Gasteiger partial charge in [0.15, 0.2) is 0 Å². The maximum atomic E-state index is 12.1. The maximum absolute atomic E-state index is 12.1. The first kappa shape index (κ1) is 15.5. The van der Waals surface area contributed by atoms with Crippen molar-refractivity contribution in [2.24, 2.45) is 0 Å². The highest BCUT2D eigenvalue weighted by Gasteiger charge is 2.17. The van der Waals surface area contributed by atoms with E-state index in [2.05, 4.69) is 26.3 Å². The summed E-state index contributed by atoms with van der Waals surface area (Å²) in [6.07, 6.45) is 4.03. The summed E-state index contributed by atoms with van der Waals surface area (Å²) in [4.78, 5) is 24.2. The van der Waals surface area contributed by atoms with Gasteiger partial charge in [-0.15, -0.1) is 0 Å². The zero-order chi connectivity index (χ0) is 17.2. The van der Waals surface area contributed by atoms with Gasteiger partial charge >= 0.3 is 0 Å². The molecule has 1 aliphatic rings. The third kappa shape index (κ3) is 3.16. The Hall–Kier alpha value is -2.98. The first-order chi connectivity index (χ1) is 12.2. The highest BCUT2D eigenvalue weighted by molar-refractivity contribution is 6.02. The summed E-state index contributed by atoms with van der Waals surface area (Å²) < 4.78 is 5.50. The molecule has 1 saturated heterocycles. The van der Waals surface area contributed by atoms with Crippen LogP contribution in [0, 0.1) is 11.3 Å². The molecule has 1 amide bonds. The van der Waals surface area contributed by atoms with E-state index in [1.165, 1.54) is 0 Å². The standard InChI is InChI=1S/C18H17N5O2/c19-8-11-3-4-14-13(6-11)18-15(10-20-14)22-16(23-18)7-17(24)21-9-12-2-1-5-25-12/h3-4,6,10,12H,1-2,5,7,9H2,(H,21,24)(H,22,23)/t12-/m0/s1. The fourth-order valence-corrected chi connectivity index (χ4v) is 3.11. The van der Waals surface area contributed by atoms with Gasteiger partial charge in [0.05, 0.1) is 46.9 Å². The summed E-state index contributed by atoms with van der Waals surface area (Å²) in [6.45, 7) is 1.31. The SMILES string of the molecule is N#Cc1ccc2ncc3[nH]c(CC(=O)NC[C@@H]4CCCO4)nc3c2c1. The molecule has 0 unspecified atom stereocenters. The Bertz CT molecular complexity index is 982. The van der Waals surface area contributed by atoms with Crippen LogP contribution in [0.3, 0.4) is 0 Å². The van der Waals surface area contributed by atoms with Gasteiger partial charge in [-0.2, -0.15) is 5.26 Å². The molecule has 0 aliphatic carbocycles. The molecule has 126 valence electrons. The fourth-order valence-electron chi connectivity index (χ4n) is 3.11. The van der Waals surface area contributed by atoms with Crippen molar-refractivity contribution in [1.29, 1.82) is 5.26 Å². The number of rotatable bonds is 4. The molecule has 2 aromatic heterocycles. The van der Waals surface area contributed by atoms with Gasteiger partial charge in [0.25, 0.3) is 0 Å². The van der Waals surface area contributed by atoms with Crippen LogP contribution in [0.25, 0.3) is 21.9 Å². The number of ether oxygens (including phenoxy) is 1. The quantitative estimate of drug-likeness (QED) is 0.757. The molecular weight excluding hydrogens is 318 g/mol. The van der Waals surface area contributed by atoms with Crippen molar-refractivity contribution >= 4 is 27.8 Å². The number of pyridine rings is 1. The van der Waals surface area contributed by atoms with Gasteiger partial charge in [-0.3, -0.25) is 9.78 Å². The van der Waals surface area contributed by atoms with Crippen LogP contribution in [0.1, 0.15) is 24.2 Å². The Labute approximate surface area is 144 Å². The van der Waals surface area contributed by atoms with E-state index < -0.39 is 0 Å². The molecule has 7 nitrogen and oxygen atoms in total. The number of aromatic nitrogens is 3. The number of nitrogens with zero attached hydrogens (tertiary/aromatic N) is 3. The van der Waals surface area contributed by atoms with E-state index >= 15 is 0 Å². The van der Waals surface area contributed by atoms with E-state index in [4.69, 9.17) is 10.00 Å². The predicted molar refractivity (Wildman–Crippen MR) is 91.8 cm³/mol. The predicted octanol–water partition coefficient (Wildman–Crippen LogP) is 1.82. The number of amides is 1. The molecule has 0 spiro atoms. The average Bonchev–Trinajstić information content (AvgIpc) is 3.28. The zero-order valence-electron chi connectivity index (χ0n) is 13.6. The molecule has 3 aromatic rings. The van der Waals surface area contributed by atoms with Crippen LogP contribution >= 0.6 is 0 Å². The third-order valence-corrected chi connectivity index (χ3v) is 4.37. The van der Waals surface area contributed by atoms with Gasteiger partial charge in [0, 0.05) is 18.5 Å². The molecule has 1 aliphatic heterocycles. The molecular formula is C18H17N5O2. The molecule has 3 heterocycles. The van der Waals surface area contributed by atoms with Crippen LogP contribution < -0.4 is 5.32 Å². The number of imidazole rings is 1. The van der Waals surface area contributed by atoms with Crippen molar-refractivity contribution in [1.82, 2.24) is 20.3 Å². The van der Waals surface area contributed by atoms with Crippen LogP contribution in [-0.4, -0.2) is 40.1 Å². The normalized spacial score (nSPS) is 17.0. The molecule has 7 heteroatoms. The van der Waals surface area contributed by atoms with Gasteiger partial charge < -0.3 is 15.0 Å². The highest BCUT2D eigenvalue weighted by atomic mass is 16.5. The number of benzene rings is 1. The third-order valence-electron chi connectivity index (χ3n) is 4.37. The first-order valence-corrected chi connectivity index (χ1v) is 8.28. The Balaban J connectivity index is 1.55. The van der Waals surface area contributed by atoms with Crippen molar-refractivity contribution < 1.29 is 9.53 Å². The minimum Gasteiger partial charge on any atom is -0.376 e. The van der Waals surface area contributed by atoms with E-state index in [0.717, 1.165) is 41.4 Å². The Morgan fingerprint density at radius 3 is 3.20 bits per heavy atom. The number of carbonyl (C=O) groups excluding carboxylic acids is 1. The van der Waals surface area contributed by atoms with Crippen molar-refractivity contribution in [3.05, 3.63) is 35.8 Å². The van der Waals surface area contributed by atoms with Gasteiger partial charge in [0.2, 0.25) is 5.91 Å². The first-order valence-electron chi connectivity index (χ1n) is 8.28. The van der Waals surface area contributed by atoms with Crippen molar-refractivity contribution in [3.8, 4) is 6.07 Å². The summed E-state index contributed by atoms with van der Waals surface area (Å²) in [7, 11) is 0. The molecule has 2 N–H and O–H groups in total. The minimum absolute atomic E-state index is 0.0930. The van der Waals surface area contributed by atoms with E-state index in [0.29, 0.717) is 17.9 Å². The number of aromatic amines is 1. The number of hydrogen-bond acceptors (Lipinski definition) is 5. The van der Waals surface area contributed by atoms with Crippen LogP contribution in [0.15, 0.2) is 24.4 Å². The van der Waals surface area contributed by atoms with Gasteiger partial charge in [-0.25, -0.2) is 4.98 Å². The van der Waals surface area contributed by atoms with Crippen LogP contribution in [0.5, 0.6) is 0 Å². The molecule has 1 atom stereocenters. The summed E-state index contributed by atoms with van der Waals surface area (Å²) >= 11 is 0. The van der Waals surface area contributed by atoms with Crippen LogP contribution in [-0.2, 0) is 16.0 Å². The van der Waals surface area contributed by atoms with Crippen LogP contribution in [0.4, 0.5) is 0 Å². The van der Waals surface area contributed by atoms with Crippen molar-refractivity contribution in [2.45, 2.75) is 25.4 Å². The van der Waals surface area contributed by atoms with E-state index in [1.807, 2.05) is 0 Å². The molecule has 4 rings (SSSR count). The van der Waals surface area contributed by atoms with E-state index in [9.17, 15) is 4.79 Å². The Morgan fingerprint density at radius 1 is 1.48 bits per heavy atom. The molecule has 1 aromatic carbocycles. The highest BCUT2D eigenvalue weighted by Crippen LogP contribution is 2.23. The van der Waals surface area contributed by atoms with Gasteiger partial charge in [-0.05, 0) is 31.0 Å². The van der Waals surface area contributed by atoms with Gasteiger partial charge in [0.1, 0.15) is 5.82 Å². The van der Waals surface area contributed by atoms with E-state index in [-0.39, 0.29) is 18.4 Å². The molecule has 0 radical (unpaired) electrons. The number of carbonyl (C=O) groups is 1. The summed E-state index contributed by atoms with van der Waals surface area (Å²) in [5.41, 5.74) is 2.81. The smallest absolute Gasteiger partial charge is 0.227 e. The maximum Gasteiger partial charge on any atom is 0.227 e. The lowest BCUT2D eigenvalue weighted by atomic mass is 10.1. The lowest BCUT2D eigenvalue weighted by Crippen LogP contribution is -2.33. The second-order valence-electron chi connectivity index (χ2n) is 6.16. The molecule has 25 heavy (non-hydrogen) atoms. The average molecular weight is 335 g/mol. The van der Waals surface area contributed by atoms with E-state index in [1.54, 1.807) is 24.4 Å². The number of hydrogen-bond donors (Lipinski definition) is 2. The second-order valence-corrected chi connectivity index (χ2v) is 6.16. The second kappa shape index (κ2) is 6.49. The lowest BCUT2D eigenvalue weighted by molar-refractivity contribution is -0.121. The number of H-pyrrole nitrogens is 1. The fraction of sp³-hybridized carbons (Fsp3) is 0.333. The summed E-state index contributed by atoms with van der Waals surface area (Å²) in [5, 5.41) is 12.8. The molecule has 0 bridgehead atoms. The minimum atomic E-state index is -0.0930. The largest absolute Gasteiger partial charge is 0.376 e. The number of nitriles is 1. The zero-order valence-corrected chi connectivity index (χ0v) is 13.6. The topological polar surface area (TPSA) is 104 Å². The van der Waals surface area contributed by atoms with Crippen molar-refractivity contribution in [3.63, 3.8) is 0 Å².